The highest BCUT2D eigenvalue weighted by Gasteiger charge is 2.16. The Morgan fingerprint density at radius 1 is 1.42 bits per heavy atom. The molecule has 0 atom stereocenters. The van der Waals surface area contributed by atoms with Crippen LogP contribution in [0.1, 0.15) is 26.5 Å². The molecular formula is C14H15BrN2OS. The van der Waals surface area contributed by atoms with Gasteiger partial charge in [-0.05, 0) is 47.5 Å². The fourth-order valence-electron chi connectivity index (χ4n) is 1.76. The van der Waals surface area contributed by atoms with Crippen molar-refractivity contribution in [1.82, 2.24) is 9.88 Å². The monoisotopic (exact) mass is 338 g/mol. The number of aromatic nitrogens is 1. The van der Waals surface area contributed by atoms with Crippen LogP contribution < -0.4 is 0 Å². The van der Waals surface area contributed by atoms with Crippen LogP contribution in [0, 0.1) is 13.8 Å². The van der Waals surface area contributed by atoms with Gasteiger partial charge in [0.15, 0.2) is 0 Å². The van der Waals surface area contributed by atoms with Crippen molar-refractivity contribution in [3.63, 3.8) is 0 Å². The van der Waals surface area contributed by atoms with Gasteiger partial charge < -0.3 is 4.90 Å². The molecule has 19 heavy (non-hydrogen) atoms. The molecule has 0 bridgehead atoms. The summed E-state index contributed by atoms with van der Waals surface area (Å²) in [7, 11) is 1.81. The highest BCUT2D eigenvalue weighted by molar-refractivity contribution is 9.10. The van der Waals surface area contributed by atoms with Crippen LogP contribution in [0.3, 0.4) is 0 Å². The molecule has 0 aliphatic carbocycles. The van der Waals surface area contributed by atoms with Gasteiger partial charge in [0.05, 0.1) is 23.3 Å². The number of hydrogen-bond donors (Lipinski definition) is 0. The summed E-state index contributed by atoms with van der Waals surface area (Å²) in [5, 5.41) is 0. The van der Waals surface area contributed by atoms with Crippen LogP contribution in [-0.2, 0) is 6.54 Å². The first-order valence-electron chi connectivity index (χ1n) is 5.89. The summed E-state index contributed by atoms with van der Waals surface area (Å²) in [5.74, 6) is 0.0136. The van der Waals surface area contributed by atoms with E-state index >= 15 is 0 Å². The van der Waals surface area contributed by atoms with E-state index in [1.54, 1.807) is 16.2 Å². The number of aryl methyl sites for hydroxylation is 2. The lowest BCUT2D eigenvalue weighted by Crippen LogP contribution is -2.26. The number of amides is 1. The highest BCUT2D eigenvalue weighted by Crippen LogP contribution is 2.21. The Morgan fingerprint density at radius 2 is 2.16 bits per heavy atom. The van der Waals surface area contributed by atoms with Crippen molar-refractivity contribution in [2.75, 3.05) is 7.05 Å². The van der Waals surface area contributed by atoms with Gasteiger partial charge in [-0.3, -0.25) is 4.79 Å². The van der Waals surface area contributed by atoms with Crippen molar-refractivity contribution in [3.05, 3.63) is 49.9 Å². The van der Waals surface area contributed by atoms with Gasteiger partial charge >= 0.3 is 0 Å². The average molecular weight is 339 g/mol. The Morgan fingerprint density at radius 3 is 2.74 bits per heavy atom. The van der Waals surface area contributed by atoms with Crippen molar-refractivity contribution in [1.29, 1.82) is 0 Å². The fraction of sp³-hybridized carbons (Fsp3) is 0.286. The minimum absolute atomic E-state index is 0.0136. The molecular weight excluding hydrogens is 324 g/mol. The molecule has 1 amide bonds. The van der Waals surface area contributed by atoms with E-state index in [0.29, 0.717) is 12.1 Å². The van der Waals surface area contributed by atoms with Gasteiger partial charge in [0, 0.05) is 16.4 Å². The first kappa shape index (κ1) is 14.2. The van der Waals surface area contributed by atoms with Gasteiger partial charge in [-0.25, -0.2) is 4.98 Å². The van der Waals surface area contributed by atoms with E-state index in [-0.39, 0.29) is 5.91 Å². The van der Waals surface area contributed by atoms with Crippen LogP contribution in [0.2, 0.25) is 0 Å². The van der Waals surface area contributed by atoms with Gasteiger partial charge in [0.25, 0.3) is 5.91 Å². The second kappa shape index (κ2) is 5.84. The smallest absolute Gasteiger partial charge is 0.255 e. The summed E-state index contributed by atoms with van der Waals surface area (Å²) in [4.78, 5) is 19.4. The molecule has 2 rings (SSSR count). The first-order chi connectivity index (χ1) is 8.99. The summed E-state index contributed by atoms with van der Waals surface area (Å²) >= 11 is 5.03. The van der Waals surface area contributed by atoms with Crippen molar-refractivity contribution in [2.45, 2.75) is 20.4 Å². The van der Waals surface area contributed by atoms with Gasteiger partial charge in [-0.15, -0.1) is 11.3 Å². The first-order valence-corrected chi connectivity index (χ1v) is 7.57. The van der Waals surface area contributed by atoms with E-state index in [4.69, 9.17) is 0 Å². The number of carbonyl (C=O) groups excluding carboxylic acids is 1. The summed E-state index contributed by atoms with van der Waals surface area (Å²) < 4.78 is 0.838. The summed E-state index contributed by atoms with van der Waals surface area (Å²) in [5.41, 5.74) is 4.62. The zero-order valence-corrected chi connectivity index (χ0v) is 13.5. The average Bonchev–Trinajstić information content (AvgIpc) is 2.74. The normalized spacial score (nSPS) is 10.5. The zero-order valence-electron chi connectivity index (χ0n) is 11.1. The third-order valence-electron chi connectivity index (χ3n) is 2.93. The molecule has 0 radical (unpaired) electrons. The zero-order chi connectivity index (χ0) is 14.0. The third-order valence-corrected chi connectivity index (χ3v) is 4.50. The lowest BCUT2D eigenvalue weighted by atomic mass is 10.1. The molecule has 5 heteroatoms. The van der Waals surface area contributed by atoms with Gasteiger partial charge in [-0.1, -0.05) is 6.07 Å². The van der Waals surface area contributed by atoms with Crippen molar-refractivity contribution < 1.29 is 4.79 Å². The largest absolute Gasteiger partial charge is 0.336 e. The van der Waals surface area contributed by atoms with Crippen molar-refractivity contribution in [2.24, 2.45) is 0 Å². The van der Waals surface area contributed by atoms with Crippen LogP contribution in [0.15, 0.2) is 28.2 Å². The Bertz CT molecular complexity index is 609. The number of hydrogen-bond acceptors (Lipinski definition) is 3. The molecule has 0 N–H and O–H groups in total. The lowest BCUT2D eigenvalue weighted by Gasteiger charge is -2.17. The minimum atomic E-state index is 0.0136. The molecule has 1 aromatic carbocycles. The second-order valence-electron chi connectivity index (χ2n) is 4.51. The number of rotatable bonds is 3. The fourth-order valence-corrected chi connectivity index (χ4v) is 3.26. The summed E-state index contributed by atoms with van der Waals surface area (Å²) in [6.45, 7) is 4.56. The van der Waals surface area contributed by atoms with Gasteiger partial charge in [-0.2, -0.15) is 0 Å². The maximum absolute atomic E-state index is 12.4. The van der Waals surface area contributed by atoms with Gasteiger partial charge in [0.1, 0.15) is 0 Å². The SMILES string of the molecule is Cc1ccc(C(=O)N(C)Cc2scnc2C)c(Br)c1. The lowest BCUT2D eigenvalue weighted by molar-refractivity contribution is 0.0785. The topological polar surface area (TPSA) is 33.2 Å². The molecule has 1 heterocycles. The summed E-state index contributed by atoms with van der Waals surface area (Å²) in [6, 6.07) is 5.76. The van der Waals surface area contributed by atoms with E-state index in [9.17, 15) is 4.79 Å². The molecule has 0 fully saturated rings. The number of thiazole rings is 1. The molecule has 0 aliphatic rings. The molecule has 3 nitrogen and oxygen atoms in total. The van der Waals surface area contributed by atoms with Gasteiger partial charge in [0.2, 0.25) is 0 Å². The van der Waals surface area contributed by atoms with Crippen molar-refractivity contribution >= 4 is 33.2 Å². The van der Waals surface area contributed by atoms with E-state index in [0.717, 1.165) is 20.6 Å². The molecule has 2 aromatic rings. The quantitative estimate of drug-likeness (QED) is 0.852. The molecule has 1 aromatic heterocycles. The molecule has 0 saturated heterocycles. The highest BCUT2D eigenvalue weighted by atomic mass is 79.9. The van der Waals surface area contributed by atoms with E-state index in [2.05, 4.69) is 20.9 Å². The number of carbonyl (C=O) groups is 1. The predicted molar refractivity (Wildman–Crippen MR) is 81.5 cm³/mol. The standard InChI is InChI=1S/C14H15BrN2OS/c1-9-4-5-11(12(15)6-9)14(18)17(3)7-13-10(2)16-8-19-13/h4-6,8H,7H2,1-3H3. The maximum atomic E-state index is 12.4. The maximum Gasteiger partial charge on any atom is 0.255 e. The predicted octanol–water partition coefficient (Wildman–Crippen LogP) is 3.79. The van der Waals surface area contributed by atoms with Crippen LogP contribution >= 0.6 is 27.3 Å². The Kier molecular flexibility index (Phi) is 4.37. The molecule has 0 saturated carbocycles. The Hall–Kier alpha value is -1.20. The van der Waals surface area contributed by atoms with E-state index < -0.39 is 0 Å². The molecule has 100 valence electrons. The van der Waals surface area contributed by atoms with Crippen LogP contribution in [0.4, 0.5) is 0 Å². The Balaban J connectivity index is 2.17. The van der Waals surface area contributed by atoms with Crippen molar-refractivity contribution in [3.8, 4) is 0 Å². The molecule has 0 unspecified atom stereocenters. The van der Waals surface area contributed by atoms with E-state index in [1.807, 2.05) is 44.6 Å². The molecule has 0 spiro atoms. The van der Waals surface area contributed by atoms with Crippen LogP contribution in [0.25, 0.3) is 0 Å². The molecule has 0 aliphatic heterocycles. The van der Waals surface area contributed by atoms with Crippen LogP contribution in [-0.4, -0.2) is 22.8 Å². The number of halogens is 1. The third kappa shape index (κ3) is 3.22. The van der Waals surface area contributed by atoms with Crippen LogP contribution in [0.5, 0.6) is 0 Å². The second-order valence-corrected chi connectivity index (χ2v) is 6.30. The minimum Gasteiger partial charge on any atom is -0.336 e. The number of nitrogens with zero attached hydrogens (tertiary/aromatic N) is 2. The van der Waals surface area contributed by atoms with E-state index in [1.165, 1.54) is 0 Å². The number of benzene rings is 1. The Labute approximate surface area is 125 Å². The summed E-state index contributed by atoms with van der Waals surface area (Å²) in [6.07, 6.45) is 0.